The number of hydrogen-bond donors (Lipinski definition) is 2. The van der Waals surface area contributed by atoms with Crippen molar-refractivity contribution < 1.29 is 14.6 Å². The average molecular weight is 277 g/mol. The minimum atomic E-state index is -0.753. The third-order valence-corrected chi connectivity index (χ3v) is 2.59. The molecule has 0 bridgehead atoms. The van der Waals surface area contributed by atoms with Gasteiger partial charge < -0.3 is 20.1 Å². The van der Waals surface area contributed by atoms with Gasteiger partial charge in [0.05, 0.1) is 12.1 Å². The van der Waals surface area contributed by atoms with Gasteiger partial charge >= 0.3 is 0 Å². The molecule has 0 aliphatic heterocycles. The molecule has 1 rings (SSSR count). The van der Waals surface area contributed by atoms with Crippen molar-refractivity contribution >= 4 is 5.91 Å². The Kier molecular flexibility index (Phi) is 6.50. The number of aliphatic hydroxyl groups is 1. The number of amides is 1. The molecule has 1 unspecified atom stereocenters. The molecule has 20 heavy (non-hydrogen) atoms. The van der Waals surface area contributed by atoms with Crippen LogP contribution < -0.4 is 10.1 Å². The van der Waals surface area contributed by atoms with Gasteiger partial charge in [-0.3, -0.25) is 4.79 Å². The van der Waals surface area contributed by atoms with Crippen LogP contribution in [0, 0.1) is 11.3 Å². The van der Waals surface area contributed by atoms with E-state index in [-0.39, 0.29) is 25.6 Å². The summed E-state index contributed by atoms with van der Waals surface area (Å²) in [5, 5.41) is 21.5. The highest BCUT2D eigenvalue weighted by Gasteiger charge is 2.09. The number of nitriles is 1. The maximum atomic E-state index is 11.3. The quantitative estimate of drug-likeness (QED) is 0.731. The van der Waals surface area contributed by atoms with E-state index in [0.29, 0.717) is 11.3 Å². The second kappa shape index (κ2) is 8.15. The molecule has 0 spiro atoms. The number of carbonyl (C=O) groups is 1. The van der Waals surface area contributed by atoms with Gasteiger partial charge in [-0.05, 0) is 12.1 Å². The van der Waals surface area contributed by atoms with Gasteiger partial charge in [0.25, 0.3) is 0 Å². The number of hydrogen-bond acceptors (Lipinski definition) is 5. The Morgan fingerprint density at radius 2 is 2.20 bits per heavy atom. The van der Waals surface area contributed by atoms with Crippen LogP contribution >= 0.6 is 0 Å². The number of likely N-dealkylation sites (N-methyl/N-ethyl adjacent to an activating group) is 1. The predicted molar refractivity (Wildman–Crippen MR) is 74.2 cm³/mol. The van der Waals surface area contributed by atoms with Crippen molar-refractivity contribution in [3.05, 3.63) is 29.8 Å². The van der Waals surface area contributed by atoms with Crippen LogP contribution in [-0.4, -0.2) is 55.8 Å². The molecule has 108 valence electrons. The van der Waals surface area contributed by atoms with Crippen LogP contribution in [0.1, 0.15) is 5.56 Å². The number of ether oxygens (including phenoxy) is 1. The highest BCUT2D eigenvalue weighted by Crippen LogP contribution is 2.16. The molecular formula is C14H19N3O3. The molecule has 1 amide bonds. The van der Waals surface area contributed by atoms with Crippen LogP contribution in [0.5, 0.6) is 5.75 Å². The molecule has 0 saturated carbocycles. The predicted octanol–water partition coefficient (Wildman–Crippen LogP) is -0.0242. The van der Waals surface area contributed by atoms with Crippen LogP contribution in [-0.2, 0) is 4.79 Å². The number of para-hydroxylation sites is 1. The number of carbonyl (C=O) groups excluding carboxylic acids is 1. The van der Waals surface area contributed by atoms with Gasteiger partial charge in [-0.2, -0.15) is 5.26 Å². The van der Waals surface area contributed by atoms with Gasteiger partial charge in [-0.1, -0.05) is 12.1 Å². The lowest BCUT2D eigenvalue weighted by molar-refractivity contribution is -0.127. The van der Waals surface area contributed by atoms with Crippen molar-refractivity contribution in [2.45, 2.75) is 6.10 Å². The second-order valence-electron chi connectivity index (χ2n) is 4.49. The van der Waals surface area contributed by atoms with Crippen LogP contribution in [0.2, 0.25) is 0 Å². The smallest absolute Gasteiger partial charge is 0.236 e. The van der Waals surface area contributed by atoms with E-state index in [1.807, 2.05) is 6.07 Å². The summed E-state index contributed by atoms with van der Waals surface area (Å²) in [5.41, 5.74) is 0.426. The van der Waals surface area contributed by atoms with Gasteiger partial charge in [-0.15, -0.1) is 0 Å². The number of rotatable bonds is 7. The van der Waals surface area contributed by atoms with Crippen molar-refractivity contribution in [1.29, 1.82) is 5.26 Å². The Hall–Kier alpha value is -2.10. The fraction of sp³-hybridized carbons (Fsp3) is 0.429. The van der Waals surface area contributed by atoms with E-state index in [1.165, 1.54) is 4.90 Å². The van der Waals surface area contributed by atoms with E-state index < -0.39 is 6.10 Å². The van der Waals surface area contributed by atoms with Crippen LogP contribution in [0.15, 0.2) is 24.3 Å². The third kappa shape index (κ3) is 5.26. The zero-order valence-electron chi connectivity index (χ0n) is 11.7. The van der Waals surface area contributed by atoms with Crippen molar-refractivity contribution in [1.82, 2.24) is 10.2 Å². The number of nitrogens with one attached hydrogen (secondary N) is 1. The lowest BCUT2D eigenvalue weighted by Gasteiger charge is -2.15. The first kappa shape index (κ1) is 16.0. The summed E-state index contributed by atoms with van der Waals surface area (Å²) in [6.07, 6.45) is -0.753. The maximum absolute atomic E-state index is 11.3. The van der Waals surface area contributed by atoms with E-state index in [9.17, 15) is 9.90 Å². The summed E-state index contributed by atoms with van der Waals surface area (Å²) in [4.78, 5) is 12.8. The Bertz CT molecular complexity index is 483. The lowest BCUT2D eigenvalue weighted by Crippen LogP contribution is -2.38. The van der Waals surface area contributed by atoms with Gasteiger partial charge in [0, 0.05) is 20.6 Å². The largest absolute Gasteiger partial charge is 0.489 e. The molecule has 6 heteroatoms. The fourth-order valence-corrected chi connectivity index (χ4v) is 1.43. The Morgan fingerprint density at radius 3 is 2.85 bits per heavy atom. The molecular weight excluding hydrogens is 258 g/mol. The molecule has 0 radical (unpaired) electrons. The Morgan fingerprint density at radius 1 is 1.50 bits per heavy atom. The van der Waals surface area contributed by atoms with Gasteiger partial charge in [0.2, 0.25) is 5.91 Å². The van der Waals surface area contributed by atoms with Crippen LogP contribution in [0.3, 0.4) is 0 Å². The molecule has 0 heterocycles. The van der Waals surface area contributed by atoms with Gasteiger partial charge in [0.1, 0.15) is 24.5 Å². The molecule has 1 aromatic rings. The second-order valence-corrected chi connectivity index (χ2v) is 4.49. The molecule has 0 aromatic heterocycles. The maximum Gasteiger partial charge on any atom is 0.236 e. The first-order valence-electron chi connectivity index (χ1n) is 6.25. The standard InChI is InChI=1S/C14H19N3O3/c1-17(2)14(19)9-16-8-12(18)10-20-13-6-4-3-5-11(13)7-15/h3-6,12,16,18H,8-10H2,1-2H3. The minimum Gasteiger partial charge on any atom is -0.489 e. The lowest BCUT2D eigenvalue weighted by atomic mass is 10.2. The monoisotopic (exact) mass is 277 g/mol. The van der Waals surface area contributed by atoms with E-state index in [0.717, 1.165) is 0 Å². The number of nitrogens with zero attached hydrogens (tertiary/aromatic N) is 2. The summed E-state index contributed by atoms with van der Waals surface area (Å²) in [7, 11) is 3.34. The molecule has 6 nitrogen and oxygen atoms in total. The SMILES string of the molecule is CN(C)C(=O)CNCC(O)COc1ccccc1C#N. The average Bonchev–Trinajstić information content (AvgIpc) is 2.45. The summed E-state index contributed by atoms with van der Waals surface area (Å²) in [5.74, 6) is 0.381. The Balaban J connectivity index is 2.31. The molecule has 1 atom stereocenters. The first-order chi connectivity index (χ1) is 9.54. The topological polar surface area (TPSA) is 85.6 Å². The van der Waals surface area contributed by atoms with Gasteiger partial charge in [0.15, 0.2) is 0 Å². The summed E-state index contributed by atoms with van der Waals surface area (Å²) in [6, 6.07) is 8.85. The van der Waals surface area contributed by atoms with Gasteiger partial charge in [-0.25, -0.2) is 0 Å². The van der Waals surface area contributed by atoms with Crippen LogP contribution in [0.4, 0.5) is 0 Å². The highest BCUT2D eigenvalue weighted by molar-refractivity contribution is 5.77. The molecule has 0 aliphatic rings. The molecule has 0 fully saturated rings. The molecule has 2 N–H and O–H groups in total. The molecule has 0 saturated heterocycles. The third-order valence-electron chi connectivity index (χ3n) is 2.59. The van der Waals surface area contributed by atoms with Crippen molar-refractivity contribution in [3.63, 3.8) is 0 Å². The minimum absolute atomic E-state index is 0.0574. The summed E-state index contributed by atoms with van der Waals surface area (Å²) >= 11 is 0. The number of benzene rings is 1. The fourth-order valence-electron chi connectivity index (χ4n) is 1.43. The van der Waals surface area contributed by atoms with E-state index >= 15 is 0 Å². The van der Waals surface area contributed by atoms with Crippen molar-refractivity contribution in [2.24, 2.45) is 0 Å². The first-order valence-corrected chi connectivity index (χ1v) is 6.25. The summed E-state index contributed by atoms with van der Waals surface area (Å²) in [6.45, 7) is 0.467. The van der Waals surface area contributed by atoms with Crippen molar-refractivity contribution in [3.8, 4) is 11.8 Å². The highest BCUT2D eigenvalue weighted by atomic mass is 16.5. The zero-order chi connectivity index (χ0) is 15.0. The molecule has 1 aromatic carbocycles. The number of aliphatic hydroxyl groups excluding tert-OH is 1. The summed E-state index contributed by atoms with van der Waals surface area (Å²) < 4.78 is 5.39. The van der Waals surface area contributed by atoms with Crippen molar-refractivity contribution in [2.75, 3.05) is 33.8 Å². The Labute approximate surface area is 118 Å². The van der Waals surface area contributed by atoms with E-state index in [2.05, 4.69) is 5.32 Å². The zero-order valence-corrected chi connectivity index (χ0v) is 11.7. The van der Waals surface area contributed by atoms with E-state index in [1.54, 1.807) is 38.4 Å². The van der Waals surface area contributed by atoms with E-state index in [4.69, 9.17) is 10.00 Å². The molecule has 0 aliphatic carbocycles. The normalized spacial score (nSPS) is 11.5. The van der Waals surface area contributed by atoms with Crippen LogP contribution in [0.25, 0.3) is 0 Å².